The molecule has 0 amide bonds. The Morgan fingerprint density at radius 3 is 3.17 bits per heavy atom. The Bertz CT molecular complexity index is 486. The van der Waals surface area contributed by atoms with Gasteiger partial charge in [0.15, 0.2) is 5.58 Å². The van der Waals surface area contributed by atoms with Gasteiger partial charge in [-0.2, -0.15) is 0 Å². The van der Waals surface area contributed by atoms with Gasteiger partial charge in [0.1, 0.15) is 5.15 Å². The van der Waals surface area contributed by atoms with Crippen LogP contribution < -0.4 is 5.56 Å². The van der Waals surface area contributed by atoms with E-state index in [-0.39, 0.29) is 10.7 Å². The van der Waals surface area contributed by atoms with E-state index in [9.17, 15) is 4.79 Å². The van der Waals surface area contributed by atoms with Crippen LogP contribution in [-0.4, -0.2) is 10.1 Å². The van der Waals surface area contributed by atoms with Crippen LogP contribution >= 0.6 is 11.6 Å². The lowest BCUT2D eigenvalue weighted by molar-refractivity contribution is 0.450. The maximum Gasteiger partial charge on any atom is 0.252 e. The molecule has 2 heterocycles. The van der Waals surface area contributed by atoms with Crippen LogP contribution in [0.1, 0.15) is 5.69 Å². The Hall–Kier alpha value is -1.29. The fourth-order valence-electron chi connectivity index (χ4n) is 1.08. The van der Waals surface area contributed by atoms with Crippen molar-refractivity contribution in [3.63, 3.8) is 0 Å². The van der Waals surface area contributed by atoms with Crippen molar-refractivity contribution in [2.24, 2.45) is 0 Å². The van der Waals surface area contributed by atoms with E-state index in [1.54, 1.807) is 6.92 Å². The summed E-state index contributed by atoms with van der Waals surface area (Å²) in [7, 11) is 0. The number of nitrogens with zero attached hydrogens (tertiary/aromatic N) is 1. The van der Waals surface area contributed by atoms with Crippen molar-refractivity contribution in [2.45, 2.75) is 6.92 Å². The molecular weight excluding hydrogens is 180 g/mol. The van der Waals surface area contributed by atoms with E-state index in [0.717, 1.165) is 0 Å². The topological polar surface area (TPSA) is 58.9 Å². The summed E-state index contributed by atoms with van der Waals surface area (Å²) < 4.78 is 4.86. The Morgan fingerprint density at radius 2 is 2.42 bits per heavy atom. The van der Waals surface area contributed by atoms with E-state index in [0.29, 0.717) is 16.7 Å². The summed E-state index contributed by atoms with van der Waals surface area (Å²) in [6.45, 7) is 1.76. The van der Waals surface area contributed by atoms with E-state index in [1.165, 1.54) is 6.07 Å². The first-order chi connectivity index (χ1) is 5.68. The minimum absolute atomic E-state index is 0.274. The van der Waals surface area contributed by atoms with Gasteiger partial charge in [0, 0.05) is 6.07 Å². The van der Waals surface area contributed by atoms with E-state index < -0.39 is 0 Å². The molecule has 0 spiro atoms. The second kappa shape index (κ2) is 2.35. The fourth-order valence-corrected chi connectivity index (χ4v) is 1.40. The highest BCUT2D eigenvalue weighted by Crippen LogP contribution is 2.21. The molecule has 2 rings (SSSR count). The summed E-state index contributed by atoms with van der Waals surface area (Å²) >= 11 is 5.75. The van der Waals surface area contributed by atoms with Gasteiger partial charge in [0.25, 0.3) is 5.56 Å². The van der Waals surface area contributed by atoms with Gasteiger partial charge in [0.05, 0.1) is 11.1 Å². The maximum atomic E-state index is 10.9. The van der Waals surface area contributed by atoms with Crippen LogP contribution in [0.15, 0.2) is 15.4 Å². The molecule has 0 atom stereocenters. The number of hydrogen-bond acceptors (Lipinski definition) is 3. The molecule has 12 heavy (non-hydrogen) atoms. The molecule has 0 fully saturated rings. The van der Waals surface area contributed by atoms with Crippen molar-refractivity contribution in [1.82, 2.24) is 10.1 Å². The number of aryl methyl sites for hydroxylation is 1. The average Bonchev–Trinajstić information content (AvgIpc) is 2.31. The Labute approximate surface area is 72.1 Å². The van der Waals surface area contributed by atoms with Gasteiger partial charge in [-0.15, -0.1) is 0 Å². The molecule has 62 valence electrons. The molecule has 0 aromatic carbocycles. The highest BCUT2D eigenvalue weighted by Gasteiger charge is 2.08. The largest absolute Gasteiger partial charge is 0.356 e. The predicted molar refractivity (Wildman–Crippen MR) is 44.4 cm³/mol. The number of hydrogen-bond donors (Lipinski definition) is 1. The first kappa shape index (κ1) is 7.36. The summed E-state index contributed by atoms with van der Waals surface area (Å²) in [5, 5.41) is 4.62. The Kier molecular flexibility index (Phi) is 1.44. The number of rotatable bonds is 0. The first-order valence-corrected chi connectivity index (χ1v) is 3.71. The summed E-state index contributed by atoms with van der Waals surface area (Å²) in [6, 6.07) is 1.32. The van der Waals surface area contributed by atoms with Crippen molar-refractivity contribution in [2.75, 3.05) is 0 Å². The highest BCUT2D eigenvalue weighted by molar-refractivity contribution is 6.34. The molecule has 1 N–H and O–H groups in total. The van der Waals surface area contributed by atoms with E-state index >= 15 is 0 Å². The van der Waals surface area contributed by atoms with Crippen LogP contribution in [0.25, 0.3) is 11.0 Å². The smallest absolute Gasteiger partial charge is 0.252 e. The van der Waals surface area contributed by atoms with Crippen molar-refractivity contribution in [3.8, 4) is 0 Å². The van der Waals surface area contributed by atoms with Crippen LogP contribution in [0.4, 0.5) is 0 Å². The molecular formula is C7H5ClN2O2. The van der Waals surface area contributed by atoms with Gasteiger partial charge in [-0.1, -0.05) is 16.8 Å². The zero-order valence-corrected chi connectivity index (χ0v) is 6.97. The van der Waals surface area contributed by atoms with Gasteiger partial charge in [0.2, 0.25) is 0 Å². The van der Waals surface area contributed by atoms with E-state index in [4.69, 9.17) is 16.1 Å². The lowest BCUT2D eigenvalue weighted by atomic mass is 10.3. The number of aromatic nitrogens is 2. The minimum Gasteiger partial charge on any atom is -0.356 e. The van der Waals surface area contributed by atoms with Crippen molar-refractivity contribution in [1.29, 1.82) is 0 Å². The molecule has 2 aromatic heterocycles. The summed E-state index contributed by atoms with van der Waals surface area (Å²) in [4.78, 5) is 13.3. The van der Waals surface area contributed by atoms with Gasteiger partial charge >= 0.3 is 0 Å². The van der Waals surface area contributed by atoms with Gasteiger partial charge in [-0.3, -0.25) is 4.79 Å². The van der Waals surface area contributed by atoms with E-state index in [1.807, 2.05) is 0 Å². The number of fused-ring (bicyclic) bond motifs is 1. The quantitative estimate of drug-likeness (QED) is 0.631. The number of halogens is 1. The molecule has 0 aliphatic carbocycles. The first-order valence-electron chi connectivity index (χ1n) is 3.33. The summed E-state index contributed by atoms with van der Waals surface area (Å²) in [5.41, 5.74) is 0.802. The molecule has 0 aliphatic heterocycles. The predicted octanol–water partition coefficient (Wildman–Crippen LogP) is 1.48. The molecule has 0 unspecified atom stereocenters. The van der Waals surface area contributed by atoms with Gasteiger partial charge in [-0.05, 0) is 6.92 Å². The van der Waals surface area contributed by atoms with Crippen LogP contribution in [0, 0.1) is 6.92 Å². The minimum atomic E-state index is -0.288. The molecule has 5 heteroatoms. The van der Waals surface area contributed by atoms with Crippen LogP contribution in [-0.2, 0) is 0 Å². The van der Waals surface area contributed by atoms with Gasteiger partial charge < -0.3 is 9.51 Å². The molecule has 4 nitrogen and oxygen atoms in total. The number of pyridine rings is 1. The molecule has 0 aliphatic rings. The number of H-pyrrole nitrogens is 1. The molecule has 0 saturated heterocycles. The number of aromatic amines is 1. The third-order valence-corrected chi connectivity index (χ3v) is 1.89. The van der Waals surface area contributed by atoms with Crippen molar-refractivity contribution >= 4 is 22.6 Å². The average molecular weight is 185 g/mol. The SMILES string of the molecule is Cc1noc2cc(=O)[nH]c(Cl)c12. The maximum absolute atomic E-state index is 10.9. The third-order valence-electron chi connectivity index (χ3n) is 1.60. The molecule has 0 radical (unpaired) electrons. The van der Waals surface area contributed by atoms with Crippen LogP contribution in [0.3, 0.4) is 0 Å². The van der Waals surface area contributed by atoms with Gasteiger partial charge in [-0.25, -0.2) is 0 Å². The van der Waals surface area contributed by atoms with Crippen LogP contribution in [0.5, 0.6) is 0 Å². The molecule has 0 saturated carbocycles. The Morgan fingerprint density at radius 1 is 1.67 bits per heavy atom. The third kappa shape index (κ3) is 0.921. The summed E-state index contributed by atoms with van der Waals surface area (Å²) in [6.07, 6.45) is 0. The second-order valence-corrected chi connectivity index (χ2v) is 2.83. The standard InChI is InChI=1S/C7H5ClN2O2/c1-3-6-4(12-10-3)2-5(11)9-7(6)8/h2H,1H3,(H,9,11). The molecule has 0 bridgehead atoms. The second-order valence-electron chi connectivity index (χ2n) is 2.45. The lowest BCUT2D eigenvalue weighted by Crippen LogP contribution is -2.02. The number of nitrogens with one attached hydrogen (secondary N) is 1. The zero-order chi connectivity index (χ0) is 8.72. The monoisotopic (exact) mass is 184 g/mol. The fraction of sp³-hybridized carbons (Fsp3) is 0.143. The highest BCUT2D eigenvalue weighted by atomic mass is 35.5. The normalized spacial score (nSPS) is 10.8. The Balaban J connectivity index is 3.02. The zero-order valence-electron chi connectivity index (χ0n) is 6.22. The van der Waals surface area contributed by atoms with Crippen LogP contribution in [0.2, 0.25) is 5.15 Å². The van der Waals surface area contributed by atoms with Crippen molar-refractivity contribution < 1.29 is 4.52 Å². The summed E-state index contributed by atoms with van der Waals surface area (Å²) in [5.74, 6) is 0. The van der Waals surface area contributed by atoms with E-state index in [2.05, 4.69) is 10.1 Å². The molecule has 2 aromatic rings. The lowest BCUT2D eigenvalue weighted by Gasteiger charge is -1.90. The van der Waals surface area contributed by atoms with Crippen molar-refractivity contribution in [3.05, 3.63) is 27.3 Å².